The number of nitrogens with zero attached hydrogens (tertiary/aromatic N) is 4. The van der Waals surface area contributed by atoms with Crippen molar-refractivity contribution >= 4 is 136 Å². The van der Waals surface area contributed by atoms with E-state index in [0.717, 1.165) is 78.8 Å². The van der Waals surface area contributed by atoms with Gasteiger partial charge in [-0.25, -0.2) is 0 Å². The summed E-state index contributed by atoms with van der Waals surface area (Å²) in [5.74, 6) is 0.609. The monoisotopic (exact) mass is 1010 g/mol. The van der Waals surface area contributed by atoms with E-state index in [1.807, 2.05) is 0 Å². The summed E-state index contributed by atoms with van der Waals surface area (Å²) in [7, 11) is 0. The Morgan fingerprint density at radius 1 is 0.342 bits per heavy atom. The molecule has 4 heterocycles. The molecule has 11 aromatic carbocycles. The first-order chi connectivity index (χ1) is 38.9. The first-order valence-corrected chi connectivity index (χ1v) is 27.9. The molecule has 0 radical (unpaired) electrons. The van der Waals surface area contributed by atoms with E-state index < -0.39 is 0 Å². The molecular weight excluding hydrogens is 958 g/mol. The molecule has 0 atom stereocenters. The highest BCUT2D eigenvalue weighted by Crippen LogP contribution is 2.51. The zero-order valence-corrected chi connectivity index (χ0v) is 44.8. The maximum Gasteiger partial charge on any atom is 0.252 e. The van der Waals surface area contributed by atoms with Crippen molar-refractivity contribution in [2.24, 2.45) is 0 Å². The van der Waals surface area contributed by atoms with Crippen molar-refractivity contribution in [1.29, 1.82) is 0 Å². The molecule has 0 N–H and O–H groups in total. The van der Waals surface area contributed by atoms with Crippen LogP contribution in [0.25, 0.3) is 21.9 Å². The number of anilines is 12. The van der Waals surface area contributed by atoms with Crippen LogP contribution < -0.4 is 52.4 Å². The molecule has 376 valence electrons. The van der Waals surface area contributed by atoms with Crippen molar-refractivity contribution in [3.8, 4) is 0 Å². The molecule has 3 aliphatic heterocycles. The molecule has 0 saturated carbocycles. The van der Waals surface area contributed by atoms with Crippen molar-refractivity contribution < 1.29 is 4.42 Å². The Morgan fingerprint density at radius 3 is 1.41 bits per heavy atom. The summed E-state index contributed by atoms with van der Waals surface area (Å²) in [6.45, 7) is 9.19. The van der Waals surface area contributed by atoms with E-state index >= 15 is 0 Å². The van der Waals surface area contributed by atoms with E-state index in [1.165, 1.54) is 55.3 Å². The highest BCUT2D eigenvalue weighted by molar-refractivity contribution is 7.02. The quantitative estimate of drug-likeness (QED) is 0.134. The second kappa shape index (κ2) is 18.6. The van der Waals surface area contributed by atoms with Crippen LogP contribution in [0, 0.1) is 0 Å². The molecule has 5 nitrogen and oxygen atoms in total. The first-order valence-electron chi connectivity index (χ1n) is 27.9. The number of furan rings is 1. The highest BCUT2D eigenvalue weighted by Gasteiger charge is 2.48. The molecule has 3 aliphatic rings. The van der Waals surface area contributed by atoms with Crippen LogP contribution in [0.1, 0.15) is 50.7 Å². The minimum absolute atomic E-state index is 0.0599. The normalized spacial score (nSPS) is 13.2. The number of fused-ring (bicyclic) bond motifs is 10. The van der Waals surface area contributed by atoms with Crippen LogP contribution in [0.3, 0.4) is 0 Å². The topological polar surface area (TPSA) is 26.1 Å². The van der Waals surface area contributed by atoms with Gasteiger partial charge in [0.15, 0.2) is 0 Å². The smallest absolute Gasteiger partial charge is 0.252 e. The summed E-state index contributed by atoms with van der Waals surface area (Å²) < 4.78 is 6.86. The van der Waals surface area contributed by atoms with Crippen LogP contribution in [-0.2, 0) is 0 Å². The van der Waals surface area contributed by atoms with Crippen LogP contribution >= 0.6 is 0 Å². The van der Waals surface area contributed by atoms with Gasteiger partial charge in [-0.3, -0.25) is 0 Å². The van der Waals surface area contributed by atoms with E-state index in [4.69, 9.17) is 4.42 Å². The van der Waals surface area contributed by atoms with E-state index in [9.17, 15) is 0 Å². The van der Waals surface area contributed by atoms with Gasteiger partial charge in [0, 0.05) is 62.3 Å². The van der Waals surface area contributed by atoms with E-state index in [2.05, 4.69) is 302 Å². The second-order valence-corrected chi connectivity index (χ2v) is 21.9. The van der Waals surface area contributed by atoms with Gasteiger partial charge < -0.3 is 24.0 Å². The van der Waals surface area contributed by atoms with Gasteiger partial charge in [0.05, 0.1) is 16.8 Å². The lowest BCUT2D eigenvalue weighted by molar-refractivity contribution is 0.669. The second-order valence-electron chi connectivity index (χ2n) is 21.9. The van der Waals surface area contributed by atoms with Gasteiger partial charge in [-0.1, -0.05) is 191 Å². The number of hydrogen-bond donors (Lipinski definition) is 0. The van der Waals surface area contributed by atoms with E-state index in [1.54, 1.807) is 0 Å². The standard InChI is InChI=1S/C72H56B2N4O/c1-47(2)55-36-24-37-56(48(3)4)70(55)73-58-38-21-22-39-62(58)76(51-29-14-7-15-30-51)63-46-64-61(45-60(63)73)74-59-41-42-68-69(57-35-20-23-40-67(57)79-68)72(59)78(53-33-18-9-19-34-53)66-44-54(43-65(71(66)74)77(64)52-31-16-8-17-32-52)75(49-25-10-5-11-26-49)50-27-12-6-13-28-50/h5-48H,1-4H3. The third kappa shape index (κ3) is 7.33. The molecule has 0 bridgehead atoms. The maximum absolute atomic E-state index is 6.86. The minimum Gasteiger partial charge on any atom is -0.456 e. The summed E-state index contributed by atoms with van der Waals surface area (Å²) in [6.07, 6.45) is 0. The van der Waals surface area contributed by atoms with Crippen molar-refractivity contribution in [3.05, 3.63) is 266 Å². The SMILES string of the molecule is CC(C)c1cccc(C(C)C)c1B1c2ccccc2N(c2ccccc2)c2cc3c(cc21)B1c2ccc4oc5ccccc5c4c2N(c2ccccc2)c2cc(N(c4ccccc4)c4ccccc4)cc(c21)N3c1ccccc1. The molecule has 0 unspecified atom stereocenters. The highest BCUT2D eigenvalue weighted by atomic mass is 16.3. The summed E-state index contributed by atoms with van der Waals surface area (Å²) in [4.78, 5) is 10.1. The largest absolute Gasteiger partial charge is 0.456 e. The average molecular weight is 1010 g/mol. The van der Waals surface area contributed by atoms with Gasteiger partial charge in [0.1, 0.15) is 11.2 Å². The Labute approximate surface area is 463 Å². The lowest BCUT2D eigenvalue weighted by Gasteiger charge is -2.46. The predicted octanol–water partition coefficient (Wildman–Crippen LogP) is 15.7. The van der Waals surface area contributed by atoms with Crippen molar-refractivity contribution in [2.75, 3.05) is 19.6 Å². The molecule has 12 aromatic rings. The van der Waals surface area contributed by atoms with Crippen molar-refractivity contribution in [2.45, 2.75) is 39.5 Å². The molecule has 0 saturated heterocycles. The van der Waals surface area contributed by atoms with Crippen molar-refractivity contribution in [3.63, 3.8) is 0 Å². The van der Waals surface area contributed by atoms with Gasteiger partial charge in [-0.2, -0.15) is 0 Å². The van der Waals surface area contributed by atoms with Crippen LogP contribution in [0.5, 0.6) is 0 Å². The molecule has 0 aliphatic carbocycles. The lowest BCUT2D eigenvalue weighted by atomic mass is 9.30. The van der Waals surface area contributed by atoms with Crippen molar-refractivity contribution in [1.82, 2.24) is 0 Å². The summed E-state index contributed by atoms with van der Waals surface area (Å²) in [5, 5.41) is 2.20. The first kappa shape index (κ1) is 46.8. The molecule has 0 spiro atoms. The zero-order chi connectivity index (χ0) is 52.9. The fourth-order valence-corrected chi connectivity index (χ4v) is 13.5. The number of rotatable bonds is 9. The van der Waals surface area contributed by atoms with Crippen LogP contribution in [0.15, 0.2) is 259 Å². The fourth-order valence-electron chi connectivity index (χ4n) is 13.5. The van der Waals surface area contributed by atoms with Gasteiger partial charge in [-0.05, 0) is 147 Å². The Morgan fingerprint density at radius 2 is 0.823 bits per heavy atom. The van der Waals surface area contributed by atoms with Gasteiger partial charge in [0.2, 0.25) is 6.71 Å². The van der Waals surface area contributed by atoms with E-state index in [-0.39, 0.29) is 13.4 Å². The number of benzene rings is 11. The summed E-state index contributed by atoms with van der Waals surface area (Å²) >= 11 is 0. The molecule has 0 amide bonds. The van der Waals surface area contributed by atoms with Gasteiger partial charge in [0.25, 0.3) is 6.71 Å². The number of hydrogen-bond acceptors (Lipinski definition) is 5. The Kier molecular flexibility index (Phi) is 11.0. The summed E-state index contributed by atoms with van der Waals surface area (Å²) in [6, 6.07) is 94.2. The molecule has 0 fully saturated rings. The molecular formula is C72H56B2N4O. The predicted molar refractivity (Wildman–Crippen MR) is 336 cm³/mol. The number of para-hydroxylation sites is 7. The maximum atomic E-state index is 6.86. The third-order valence-corrected chi connectivity index (χ3v) is 16.8. The fraction of sp³-hybridized carbons (Fsp3) is 0.0833. The average Bonchev–Trinajstić information content (AvgIpc) is 4.04. The van der Waals surface area contributed by atoms with Crippen LogP contribution in [0.4, 0.5) is 68.2 Å². The van der Waals surface area contributed by atoms with Gasteiger partial charge in [-0.15, -0.1) is 0 Å². The molecule has 1 aromatic heterocycles. The van der Waals surface area contributed by atoms with Crippen LogP contribution in [0.2, 0.25) is 0 Å². The van der Waals surface area contributed by atoms with Crippen LogP contribution in [-0.4, -0.2) is 13.4 Å². The lowest BCUT2D eigenvalue weighted by Crippen LogP contribution is -2.64. The third-order valence-electron chi connectivity index (χ3n) is 16.8. The minimum atomic E-state index is -0.192. The van der Waals surface area contributed by atoms with Gasteiger partial charge >= 0.3 is 0 Å². The Hall–Kier alpha value is -9.45. The summed E-state index contributed by atoms with van der Waals surface area (Å²) in [5.41, 5.74) is 25.7. The Bertz CT molecular complexity index is 4230. The van der Waals surface area contributed by atoms with E-state index in [0.29, 0.717) is 11.8 Å². The molecule has 15 rings (SSSR count). The zero-order valence-electron chi connectivity index (χ0n) is 44.8. The Balaban J connectivity index is 1.12. The molecule has 79 heavy (non-hydrogen) atoms. The molecule has 7 heteroatoms.